The lowest BCUT2D eigenvalue weighted by atomic mass is 9.98. The minimum atomic E-state index is -0.384. The minimum Gasteiger partial charge on any atom is -0.387 e. The number of hydrogen-bond donors (Lipinski definition) is 1. The SMILES string of the molecule is OC(c1ccncn1)C1CCCC1. The quantitative estimate of drug-likeness (QED) is 0.749. The van der Waals surface area contributed by atoms with E-state index in [1.165, 1.54) is 19.2 Å². The highest BCUT2D eigenvalue weighted by molar-refractivity contribution is 5.03. The first-order valence-electron chi connectivity index (χ1n) is 4.82. The largest absolute Gasteiger partial charge is 0.387 e. The minimum absolute atomic E-state index is 0.384. The third-order valence-electron chi connectivity index (χ3n) is 2.75. The Morgan fingerprint density at radius 2 is 2.15 bits per heavy atom. The van der Waals surface area contributed by atoms with Crippen molar-refractivity contribution in [3.05, 3.63) is 24.3 Å². The van der Waals surface area contributed by atoms with Crippen LogP contribution in [0.3, 0.4) is 0 Å². The summed E-state index contributed by atoms with van der Waals surface area (Å²) in [5, 5.41) is 9.93. The summed E-state index contributed by atoms with van der Waals surface area (Å²) in [5.74, 6) is 0.412. The summed E-state index contributed by atoms with van der Waals surface area (Å²) in [6.07, 6.45) is 7.54. The molecule has 1 atom stereocenters. The third-order valence-corrected chi connectivity index (χ3v) is 2.75. The van der Waals surface area contributed by atoms with E-state index in [9.17, 15) is 5.11 Å². The van der Waals surface area contributed by atoms with Crippen molar-refractivity contribution >= 4 is 0 Å². The van der Waals surface area contributed by atoms with Gasteiger partial charge in [-0.3, -0.25) is 0 Å². The maximum Gasteiger partial charge on any atom is 0.115 e. The number of nitrogens with zero attached hydrogens (tertiary/aromatic N) is 2. The summed E-state index contributed by atoms with van der Waals surface area (Å²) in [4.78, 5) is 7.89. The molecule has 0 saturated heterocycles. The van der Waals surface area contributed by atoms with Gasteiger partial charge in [0.05, 0.1) is 11.8 Å². The number of rotatable bonds is 2. The van der Waals surface area contributed by atoms with Crippen molar-refractivity contribution in [1.82, 2.24) is 9.97 Å². The molecule has 0 aliphatic heterocycles. The standard InChI is InChI=1S/C10H14N2O/c13-10(8-3-1-2-4-8)9-5-6-11-7-12-9/h5-8,10,13H,1-4H2. The van der Waals surface area contributed by atoms with Gasteiger partial charge in [0.2, 0.25) is 0 Å². The monoisotopic (exact) mass is 178 g/mol. The third kappa shape index (κ3) is 1.86. The smallest absolute Gasteiger partial charge is 0.115 e. The Bertz CT molecular complexity index is 257. The summed E-state index contributed by atoms with van der Waals surface area (Å²) in [6.45, 7) is 0. The Morgan fingerprint density at radius 3 is 2.77 bits per heavy atom. The first kappa shape index (κ1) is 8.63. The Balaban J connectivity index is 2.08. The molecule has 1 aromatic rings. The highest BCUT2D eigenvalue weighted by atomic mass is 16.3. The molecule has 1 aliphatic carbocycles. The fourth-order valence-electron chi connectivity index (χ4n) is 1.99. The van der Waals surface area contributed by atoms with E-state index in [1.807, 2.05) is 0 Å². The van der Waals surface area contributed by atoms with Crippen molar-refractivity contribution in [3.63, 3.8) is 0 Å². The van der Waals surface area contributed by atoms with Crippen LogP contribution in [0.5, 0.6) is 0 Å². The molecule has 0 radical (unpaired) electrons. The molecular weight excluding hydrogens is 164 g/mol. The van der Waals surface area contributed by atoms with Crippen molar-refractivity contribution < 1.29 is 5.11 Å². The van der Waals surface area contributed by atoms with Gasteiger partial charge in [0.25, 0.3) is 0 Å². The van der Waals surface area contributed by atoms with Crippen molar-refractivity contribution in [1.29, 1.82) is 0 Å². The number of hydrogen-bond acceptors (Lipinski definition) is 3. The van der Waals surface area contributed by atoms with Crippen molar-refractivity contribution in [3.8, 4) is 0 Å². The molecule has 1 fully saturated rings. The zero-order valence-electron chi connectivity index (χ0n) is 7.56. The second-order valence-electron chi connectivity index (χ2n) is 3.62. The van der Waals surface area contributed by atoms with Gasteiger partial charge in [-0.15, -0.1) is 0 Å². The van der Waals surface area contributed by atoms with E-state index in [0.717, 1.165) is 18.5 Å². The van der Waals surface area contributed by atoms with Crippen LogP contribution < -0.4 is 0 Å². The normalized spacial score (nSPS) is 20.4. The van der Waals surface area contributed by atoms with E-state index in [0.29, 0.717) is 5.92 Å². The number of aliphatic hydroxyl groups is 1. The Morgan fingerprint density at radius 1 is 1.38 bits per heavy atom. The summed E-state index contributed by atoms with van der Waals surface area (Å²) in [5.41, 5.74) is 0.766. The molecule has 0 aromatic carbocycles. The van der Waals surface area contributed by atoms with Gasteiger partial charge in [0, 0.05) is 6.20 Å². The topological polar surface area (TPSA) is 46.0 Å². The summed E-state index contributed by atoms with van der Waals surface area (Å²) in [6, 6.07) is 1.79. The molecule has 1 unspecified atom stereocenters. The molecule has 1 saturated carbocycles. The Labute approximate surface area is 77.8 Å². The molecule has 2 rings (SSSR count). The fraction of sp³-hybridized carbons (Fsp3) is 0.600. The van der Waals surface area contributed by atoms with Crippen molar-refractivity contribution in [2.45, 2.75) is 31.8 Å². The van der Waals surface area contributed by atoms with Gasteiger partial charge in [-0.05, 0) is 24.8 Å². The van der Waals surface area contributed by atoms with Gasteiger partial charge in [-0.1, -0.05) is 12.8 Å². The lowest BCUT2D eigenvalue weighted by Crippen LogP contribution is -2.10. The van der Waals surface area contributed by atoms with Crippen LogP contribution in [0.15, 0.2) is 18.6 Å². The lowest BCUT2D eigenvalue weighted by Gasteiger charge is -2.16. The molecule has 1 aliphatic rings. The van der Waals surface area contributed by atoms with Crippen LogP contribution in [0.1, 0.15) is 37.5 Å². The van der Waals surface area contributed by atoms with Gasteiger partial charge in [0.1, 0.15) is 6.33 Å². The molecule has 70 valence electrons. The zero-order valence-corrected chi connectivity index (χ0v) is 7.56. The second-order valence-corrected chi connectivity index (χ2v) is 3.62. The van der Waals surface area contributed by atoms with E-state index < -0.39 is 0 Å². The fourth-order valence-corrected chi connectivity index (χ4v) is 1.99. The lowest BCUT2D eigenvalue weighted by molar-refractivity contribution is 0.107. The highest BCUT2D eigenvalue weighted by Gasteiger charge is 2.24. The van der Waals surface area contributed by atoms with E-state index >= 15 is 0 Å². The molecule has 0 bridgehead atoms. The molecule has 1 aromatic heterocycles. The summed E-state index contributed by atoms with van der Waals surface area (Å²) < 4.78 is 0. The number of aliphatic hydroxyl groups excluding tert-OH is 1. The maximum absolute atomic E-state index is 9.93. The van der Waals surface area contributed by atoms with Crippen LogP contribution >= 0.6 is 0 Å². The van der Waals surface area contributed by atoms with Crippen LogP contribution in [0, 0.1) is 5.92 Å². The summed E-state index contributed by atoms with van der Waals surface area (Å²) in [7, 11) is 0. The van der Waals surface area contributed by atoms with Crippen LogP contribution in [-0.2, 0) is 0 Å². The van der Waals surface area contributed by atoms with Gasteiger partial charge < -0.3 is 5.11 Å². The average Bonchev–Trinajstić information content (AvgIpc) is 2.71. The van der Waals surface area contributed by atoms with Crippen molar-refractivity contribution in [2.24, 2.45) is 5.92 Å². The van der Waals surface area contributed by atoms with E-state index in [2.05, 4.69) is 9.97 Å². The van der Waals surface area contributed by atoms with Crippen LogP contribution in [0.25, 0.3) is 0 Å². The molecule has 0 amide bonds. The van der Waals surface area contributed by atoms with Gasteiger partial charge in [-0.2, -0.15) is 0 Å². The predicted octanol–water partition coefficient (Wildman–Crippen LogP) is 1.70. The summed E-state index contributed by atoms with van der Waals surface area (Å²) >= 11 is 0. The molecule has 1 N–H and O–H groups in total. The van der Waals surface area contributed by atoms with E-state index in [1.54, 1.807) is 12.3 Å². The Kier molecular flexibility index (Phi) is 2.54. The van der Waals surface area contributed by atoms with Crippen LogP contribution in [0.4, 0.5) is 0 Å². The molecular formula is C10H14N2O. The molecule has 0 spiro atoms. The first-order chi connectivity index (χ1) is 6.38. The van der Waals surface area contributed by atoms with Crippen LogP contribution in [-0.4, -0.2) is 15.1 Å². The highest BCUT2D eigenvalue weighted by Crippen LogP contribution is 2.34. The molecule has 3 heteroatoms. The van der Waals surface area contributed by atoms with Gasteiger partial charge in [-0.25, -0.2) is 9.97 Å². The Hall–Kier alpha value is -0.960. The average molecular weight is 178 g/mol. The van der Waals surface area contributed by atoms with E-state index in [4.69, 9.17) is 0 Å². The zero-order chi connectivity index (χ0) is 9.10. The molecule has 3 nitrogen and oxygen atoms in total. The maximum atomic E-state index is 9.93. The van der Waals surface area contributed by atoms with Crippen molar-refractivity contribution in [2.75, 3.05) is 0 Å². The number of aromatic nitrogens is 2. The van der Waals surface area contributed by atoms with Gasteiger partial charge in [0.15, 0.2) is 0 Å². The first-order valence-corrected chi connectivity index (χ1v) is 4.82. The van der Waals surface area contributed by atoms with Gasteiger partial charge >= 0.3 is 0 Å². The van der Waals surface area contributed by atoms with Crippen LogP contribution in [0.2, 0.25) is 0 Å². The molecule has 13 heavy (non-hydrogen) atoms. The second kappa shape index (κ2) is 3.83. The van der Waals surface area contributed by atoms with E-state index in [-0.39, 0.29) is 6.10 Å². The molecule has 1 heterocycles. The predicted molar refractivity (Wildman–Crippen MR) is 48.9 cm³/mol.